The number of carbonyl (C=O) groups excluding carboxylic acids is 1. The SMILES string of the molecule is CCCCC(C)N(C)C(=O)CNC. The molecule has 0 rings (SSSR count). The van der Waals surface area contributed by atoms with E-state index in [1.54, 1.807) is 7.05 Å². The molecule has 0 aromatic carbocycles. The Balaban J connectivity index is 3.79. The zero-order valence-corrected chi connectivity index (χ0v) is 9.26. The highest BCUT2D eigenvalue weighted by atomic mass is 16.2. The first kappa shape index (κ1) is 12.4. The number of carbonyl (C=O) groups is 1. The summed E-state index contributed by atoms with van der Waals surface area (Å²) in [6, 6.07) is 0.362. The predicted octanol–water partition coefficient (Wildman–Crippen LogP) is 1.24. The van der Waals surface area contributed by atoms with Gasteiger partial charge in [-0.1, -0.05) is 19.8 Å². The summed E-state index contributed by atoms with van der Waals surface area (Å²) in [6.07, 6.45) is 3.49. The lowest BCUT2D eigenvalue weighted by atomic mass is 10.1. The average Bonchev–Trinajstić information content (AvgIpc) is 2.13. The molecule has 0 radical (unpaired) electrons. The molecule has 0 spiro atoms. The summed E-state index contributed by atoms with van der Waals surface area (Å²) in [5.74, 6) is 0.172. The van der Waals surface area contributed by atoms with E-state index in [-0.39, 0.29) is 5.91 Å². The van der Waals surface area contributed by atoms with Crippen LogP contribution in [0.25, 0.3) is 0 Å². The number of hydrogen-bond donors (Lipinski definition) is 1. The van der Waals surface area contributed by atoms with E-state index in [0.717, 1.165) is 6.42 Å². The molecule has 1 atom stereocenters. The lowest BCUT2D eigenvalue weighted by molar-refractivity contribution is -0.130. The Morgan fingerprint density at radius 3 is 2.62 bits per heavy atom. The monoisotopic (exact) mass is 186 g/mol. The van der Waals surface area contributed by atoms with E-state index in [9.17, 15) is 4.79 Å². The van der Waals surface area contributed by atoms with E-state index < -0.39 is 0 Å². The minimum absolute atomic E-state index is 0.172. The quantitative estimate of drug-likeness (QED) is 0.677. The van der Waals surface area contributed by atoms with Crippen LogP contribution in [0.4, 0.5) is 0 Å². The molecule has 0 aromatic heterocycles. The van der Waals surface area contributed by atoms with Crippen molar-refractivity contribution in [2.24, 2.45) is 0 Å². The number of nitrogens with zero attached hydrogens (tertiary/aromatic N) is 1. The molecular weight excluding hydrogens is 164 g/mol. The zero-order valence-electron chi connectivity index (χ0n) is 9.26. The second kappa shape index (κ2) is 6.89. The molecule has 1 N–H and O–H groups in total. The van der Waals surface area contributed by atoms with Crippen LogP contribution in [-0.4, -0.2) is 37.5 Å². The van der Waals surface area contributed by atoms with E-state index in [1.807, 2.05) is 11.9 Å². The van der Waals surface area contributed by atoms with Gasteiger partial charge in [0.25, 0.3) is 0 Å². The first-order chi connectivity index (χ1) is 6.13. The molecule has 0 aliphatic rings. The molecule has 0 aliphatic carbocycles. The smallest absolute Gasteiger partial charge is 0.236 e. The molecule has 1 amide bonds. The fraction of sp³-hybridized carbons (Fsp3) is 0.900. The first-order valence-corrected chi connectivity index (χ1v) is 5.03. The molecular formula is C10H22N2O. The maximum absolute atomic E-state index is 11.4. The van der Waals surface area contributed by atoms with E-state index in [4.69, 9.17) is 0 Å². The molecule has 0 saturated carbocycles. The second-order valence-corrected chi connectivity index (χ2v) is 3.53. The average molecular weight is 186 g/mol. The molecule has 3 heteroatoms. The lowest BCUT2D eigenvalue weighted by Crippen LogP contribution is -2.39. The van der Waals surface area contributed by atoms with Gasteiger partial charge in [-0.15, -0.1) is 0 Å². The van der Waals surface area contributed by atoms with Gasteiger partial charge in [0.2, 0.25) is 5.91 Å². The zero-order chi connectivity index (χ0) is 10.3. The fourth-order valence-electron chi connectivity index (χ4n) is 1.21. The van der Waals surface area contributed by atoms with Gasteiger partial charge in [-0.2, -0.15) is 0 Å². The lowest BCUT2D eigenvalue weighted by Gasteiger charge is -2.24. The molecule has 0 aliphatic heterocycles. The van der Waals surface area contributed by atoms with Gasteiger partial charge in [0.15, 0.2) is 0 Å². The van der Waals surface area contributed by atoms with E-state index >= 15 is 0 Å². The minimum atomic E-state index is 0.172. The fourth-order valence-corrected chi connectivity index (χ4v) is 1.21. The Morgan fingerprint density at radius 1 is 1.54 bits per heavy atom. The Hall–Kier alpha value is -0.570. The van der Waals surface area contributed by atoms with E-state index in [1.165, 1.54) is 12.8 Å². The van der Waals surface area contributed by atoms with Crippen molar-refractivity contribution >= 4 is 5.91 Å². The van der Waals surface area contributed by atoms with E-state index in [2.05, 4.69) is 19.2 Å². The van der Waals surface area contributed by atoms with Crippen molar-refractivity contribution in [3.63, 3.8) is 0 Å². The van der Waals surface area contributed by atoms with Crippen LogP contribution in [0, 0.1) is 0 Å². The number of unbranched alkanes of at least 4 members (excludes halogenated alkanes) is 1. The maximum atomic E-state index is 11.4. The Bertz CT molecular complexity index is 148. The van der Waals surface area contributed by atoms with Gasteiger partial charge in [0.05, 0.1) is 6.54 Å². The van der Waals surface area contributed by atoms with Crippen molar-refractivity contribution in [2.75, 3.05) is 20.6 Å². The van der Waals surface area contributed by atoms with Crippen molar-refractivity contribution in [3.05, 3.63) is 0 Å². The predicted molar refractivity (Wildman–Crippen MR) is 55.7 cm³/mol. The summed E-state index contributed by atoms with van der Waals surface area (Å²) in [7, 11) is 3.67. The number of amides is 1. The van der Waals surface area contributed by atoms with Crippen molar-refractivity contribution in [3.8, 4) is 0 Å². The summed E-state index contributed by atoms with van der Waals surface area (Å²) in [5, 5.41) is 2.87. The second-order valence-electron chi connectivity index (χ2n) is 3.53. The minimum Gasteiger partial charge on any atom is -0.342 e. The Kier molecular flexibility index (Phi) is 6.59. The van der Waals surface area contributed by atoms with Gasteiger partial charge in [0, 0.05) is 13.1 Å². The van der Waals surface area contributed by atoms with E-state index in [0.29, 0.717) is 12.6 Å². The normalized spacial score (nSPS) is 12.6. The van der Waals surface area contributed by atoms with Crippen LogP contribution in [0.15, 0.2) is 0 Å². The highest BCUT2D eigenvalue weighted by Gasteiger charge is 2.13. The summed E-state index contributed by atoms with van der Waals surface area (Å²) in [5.41, 5.74) is 0. The molecule has 3 nitrogen and oxygen atoms in total. The van der Waals surface area contributed by atoms with Gasteiger partial charge >= 0.3 is 0 Å². The summed E-state index contributed by atoms with van der Waals surface area (Å²) in [4.78, 5) is 13.2. The van der Waals surface area contributed by atoms with Crippen LogP contribution in [0.3, 0.4) is 0 Å². The first-order valence-electron chi connectivity index (χ1n) is 5.03. The van der Waals surface area contributed by atoms with Crippen molar-refractivity contribution in [1.82, 2.24) is 10.2 Å². The Labute approximate surface area is 81.5 Å². The molecule has 0 fully saturated rings. The van der Waals surface area contributed by atoms with Gasteiger partial charge in [-0.3, -0.25) is 4.79 Å². The highest BCUT2D eigenvalue weighted by molar-refractivity contribution is 5.78. The molecule has 0 saturated heterocycles. The van der Waals surface area contributed by atoms with Gasteiger partial charge < -0.3 is 10.2 Å². The molecule has 78 valence electrons. The third-order valence-electron chi connectivity index (χ3n) is 2.36. The number of rotatable bonds is 6. The van der Waals surface area contributed by atoms with Crippen LogP contribution in [0.2, 0.25) is 0 Å². The third kappa shape index (κ3) is 4.88. The topological polar surface area (TPSA) is 32.3 Å². The van der Waals surface area contributed by atoms with Crippen LogP contribution >= 0.6 is 0 Å². The van der Waals surface area contributed by atoms with Crippen molar-refractivity contribution in [1.29, 1.82) is 0 Å². The van der Waals surface area contributed by atoms with Gasteiger partial charge in [-0.05, 0) is 20.4 Å². The van der Waals surface area contributed by atoms with Crippen molar-refractivity contribution < 1.29 is 4.79 Å². The number of nitrogens with one attached hydrogen (secondary N) is 1. The molecule has 1 unspecified atom stereocenters. The summed E-state index contributed by atoms with van der Waals surface area (Å²) < 4.78 is 0. The molecule has 0 bridgehead atoms. The van der Waals surface area contributed by atoms with Gasteiger partial charge in [0.1, 0.15) is 0 Å². The van der Waals surface area contributed by atoms with Gasteiger partial charge in [-0.25, -0.2) is 0 Å². The molecule has 0 aromatic rings. The van der Waals surface area contributed by atoms with Crippen molar-refractivity contribution in [2.45, 2.75) is 39.2 Å². The van der Waals surface area contributed by atoms with Crippen LogP contribution in [-0.2, 0) is 4.79 Å². The maximum Gasteiger partial charge on any atom is 0.236 e. The standard InChI is InChI=1S/C10H22N2O/c1-5-6-7-9(2)12(4)10(13)8-11-3/h9,11H,5-8H2,1-4H3. The Morgan fingerprint density at radius 2 is 2.15 bits per heavy atom. The number of likely N-dealkylation sites (N-methyl/N-ethyl adjacent to an activating group) is 2. The summed E-state index contributed by atoms with van der Waals surface area (Å²) in [6.45, 7) is 4.71. The molecule has 0 heterocycles. The third-order valence-corrected chi connectivity index (χ3v) is 2.36. The van der Waals surface area contributed by atoms with Crippen LogP contribution in [0.5, 0.6) is 0 Å². The van der Waals surface area contributed by atoms with Crippen LogP contribution in [0.1, 0.15) is 33.1 Å². The van der Waals surface area contributed by atoms with Crippen LogP contribution < -0.4 is 5.32 Å². The molecule has 13 heavy (non-hydrogen) atoms. The highest BCUT2D eigenvalue weighted by Crippen LogP contribution is 2.05. The largest absolute Gasteiger partial charge is 0.342 e. The summed E-state index contributed by atoms with van der Waals surface area (Å²) >= 11 is 0. The number of hydrogen-bond acceptors (Lipinski definition) is 2.